The number of methoxy groups -OCH3 is 1. The summed E-state index contributed by atoms with van der Waals surface area (Å²) in [5.74, 6) is -0.186. The summed E-state index contributed by atoms with van der Waals surface area (Å²) in [6.45, 7) is 4.92. The summed E-state index contributed by atoms with van der Waals surface area (Å²) >= 11 is 0. The third kappa shape index (κ3) is 3.53. The van der Waals surface area contributed by atoms with E-state index in [2.05, 4.69) is 27.5 Å². The molecule has 3 rings (SSSR count). The quantitative estimate of drug-likeness (QED) is 0.700. The van der Waals surface area contributed by atoms with Gasteiger partial charge in [0.25, 0.3) is 5.91 Å². The molecule has 0 bridgehead atoms. The highest BCUT2D eigenvalue weighted by atomic mass is 16.5. The first kappa shape index (κ1) is 17.1. The molecule has 1 amide bonds. The van der Waals surface area contributed by atoms with E-state index in [9.17, 15) is 4.79 Å². The van der Waals surface area contributed by atoms with Crippen molar-refractivity contribution in [2.24, 2.45) is 0 Å². The smallest absolute Gasteiger partial charge is 0.256 e. The van der Waals surface area contributed by atoms with Gasteiger partial charge in [0.05, 0.1) is 12.8 Å². The van der Waals surface area contributed by atoms with Crippen LogP contribution in [0, 0.1) is 13.8 Å². The summed E-state index contributed by atoms with van der Waals surface area (Å²) in [5, 5.41) is 7.19. The lowest BCUT2D eigenvalue weighted by Gasteiger charge is -2.12. The molecule has 0 unspecified atom stereocenters. The Morgan fingerprint density at radius 1 is 1.24 bits per heavy atom. The summed E-state index contributed by atoms with van der Waals surface area (Å²) in [6.07, 6.45) is 2.36. The second-order valence-electron chi connectivity index (χ2n) is 5.97. The number of nitrogens with one attached hydrogen (secondary N) is 1. The molecule has 0 saturated carbocycles. The minimum absolute atomic E-state index is 0.186. The average molecular weight is 338 g/mol. The van der Waals surface area contributed by atoms with Crippen molar-refractivity contribution in [3.05, 3.63) is 64.6 Å². The van der Waals surface area contributed by atoms with Gasteiger partial charge in [0, 0.05) is 31.5 Å². The van der Waals surface area contributed by atoms with Crippen molar-refractivity contribution >= 4 is 11.6 Å². The lowest BCUT2D eigenvalue weighted by molar-refractivity contribution is 0.0938. The van der Waals surface area contributed by atoms with Crippen molar-refractivity contribution in [2.75, 3.05) is 20.3 Å². The fourth-order valence-corrected chi connectivity index (χ4v) is 2.89. The maximum atomic E-state index is 12.3. The number of nitrogens with zero attached hydrogens (tertiary/aromatic N) is 3. The van der Waals surface area contributed by atoms with Crippen LogP contribution in [0.15, 0.2) is 36.5 Å². The topological polar surface area (TPSA) is 68.5 Å². The maximum absolute atomic E-state index is 12.3. The normalized spacial score (nSPS) is 11.0. The molecule has 1 aromatic carbocycles. The van der Waals surface area contributed by atoms with Crippen LogP contribution in [-0.2, 0) is 11.2 Å². The first-order chi connectivity index (χ1) is 12.1. The molecule has 0 fully saturated rings. The molecule has 0 aliphatic heterocycles. The van der Waals surface area contributed by atoms with Gasteiger partial charge >= 0.3 is 0 Å². The number of aromatic nitrogens is 3. The van der Waals surface area contributed by atoms with E-state index in [0.717, 1.165) is 23.4 Å². The molecule has 130 valence electrons. The SMILES string of the molecule is COCCNC(=O)c1cnn2c(C)c(Cc3ccccc3)c(C)nc12. The molecule has 0 aliphatic rings. The second-order valence-corrected chi connectivity index (χ2v) is 5.97. The molecule has 1 N–H and O–H groups in total. The lowest BCUT2D eigenvalue weighted by Crippen LogP contribution is -2.27. The molecule has 0 aliphatic carbocycles. The van der Waals surface area contributed by atoms with Crippen LogP contribution < -0.4 is 5.32 Å². The fourth-order valence-electron chi connectivity index (χ4n) is 2.89. The summed E-state index contributed by atoms with van der Waals surface area (Å²) in [7, 11) is 1.60. The van der Waals surface area contributed by atoms with Gasteiger partial charge in [0.15, 0.2) is 5.65 Å². The lowest BCUT2D eigenvalue weighted by atomic mass is 10.0. The second kappa shape index (κ2) is 7.44. The minimum Gasteiger partial charge on any atom is -0.383 e. The standard InChI is InChI=1S/C19H22N4O2/c1-13-16(11-15-7-5-4-6-8-15)14(2)23-18(22-13)17(12-21-23)19(24)20-9-10-25-3/h4-8,12H,9-11H2,1-3H3,(H,20,24). The molecule has 0 radical (unpaired) electrons. The average Bonchev–Trinajstić information content (AvgIpc) is 3.03. The Labute approximate surface area is 146 Å². The number of rotatable bonds is 6. The fraction of sp³-hybridized carbons (Fsp3) is 0.316. The van der Waals surface area contributed by atoms with Crippen molar-refractivity contribution in [3.63, 3.8) is 0 Å². The van der Waals surface area contributed by atoms with Crippen molar-refractivity contribution in [2.45, 2.75) is 20.3 Å². The molecular weight excluding hydrogens is 316 g/mol. The van der Waals surface area contributed by atoms with Crippen LogP contribution in [0.5, 0.6) is 0 Å². The molecular formula is C19H22N4O2. The van der Waals surface area contributed by atoms with Crippen molar-refractivity contribution in [1.29, 1.82) is 0 Å². The molecule has 0 saturated heterocycles. The molecule has 0 atom stereocenters. The molecule has 6 nitrogen and oxygen atoms in total. The Balaban J connectivity index is 1.94. The highest BCUT2D eigenvalue weighted by Gasteiger charge is 2.18. The van der Waals surface area contributed by atoms with Crippen molar-refractivity contribution < 1.29 is 9.53 Å². The highest BCUT2D eigenvalue weighted by Crippen LogP contribution is 2.20. The van der Waals surface area contributed by atoms with E-state index in [1.54, 1.807) is 17.8 Å². The van der Waals surface area contributed by atoms with E-state index in [1.165, 1.54) is 5.56 Å². The van der Waals surface area contributed by atoms with Gasteiger partial charge in [-0.1, -0.05) is 30.3 Å². The molecule has 6 heteroatoms. The van der Waals surface area contributed by atoms with Crippen molar-refractivity contribution in [3.8, 4) is 0 Å². The van der Waals surface area contributed by atoms with Crippen LogP contribution in [0.4, 0.5) is 0 Å². The number of aryl methyl sites for hydroxylation is 2. The number of carbonyl (C=O) groups excluding carboxylic acids is 1. The van der Waals surface area contributed by atoms with Gasteiger partial charge in [-0.2, -0.15) is 5.10 Å². The van der Waals surface area contributed by atoms with Crippen LogP contribution in [0.2, 0.25) is 0 Å². The van der Waals surface area contributed by atoms with Gasteiger partial charge in [-0.05, 0) is 25.0 Å². The van der Waals surface area contributed by atoms with Crippen LogP contribution in [-0.4, -0.2) is 40.8 Å². The minimum atomic E-state index is -0.186. The number of fused-ring (bicyclic) bond motifs is 1. The number of ether oxygens (including phenoxy) is 1. The van der Waals surface area contributed by atoms with Gasteiger partial charge in [0.2, 0.25) is 0 Å². The summed E-state index contributed by atoms with van der Waals surface area (Å²) in [6, 6.07) is 10.3. The maximum Gasteiger partial charge on any atom is 0.256 e. The van der Waals surface area contributed by atoms with E-state index < -0.39 is 0 Å². The first-order valence-electron chi connectivity index (χ1n) is 8.26. The zero-order chi connectivity index (χ0) is 17.8. The summed E-state index contributed by atoms with van der Waals surface area (Å²) < 4.78 is 6.70. The van der Waals surface area contributed by atoms with Crippen molar-refractivity contribution in [1.82, 2.24) is 19.9 Å². The van der Waals surface area contributed by atoms with Gasteiger partial charge in [-0.3, -0.25) is 4.79 Å². The third-order valence-corrected chi connectivity index (χ3v) is 4.27. The van der Waals surface area contributed by atoms with Gasteiger partial charge in [-0.15, -0.1) is 0 Å². The Kier molecular flexibility index (Phi) is 5.09. The highest BCUT2D eigenvalue weighted by molar-refractivity contribution is 5.99. The van der Waals surface area contributed by atoms with Crippen LogP contribution in [0.1, 0.15) is 32.9 Å². The molecule has 2 heterocycles. The number of carbonyl (C=O) groups is 1. The summed E-state index contributed by atoms with van der Waals surface area (Å²) in [4.78, 5) is 17.0. The van der Waals surface area contributed by atoms with E-state index in [4.69, 9.17) is 4.74 Å². The third-order valence-electron chi connectivity index (χ3n) is 4.27. The molecule has 25 heavy (non-hydrogen) atoms. The number of hydrogen-bond acceptors (Lipinski definition) is 4. The van der Waals surface area contributed by atoms with E-state index >= 15 is 0 Å². The van der Waals surface area contributed by atoms with E-state index in [0.29, 0.717) is 24.4 Å². The Hall–Kier alpha value is -2.73. The van der Waals surface area contributed by atoms with Crippen LogP contribution >= 0.6 is 0 Å². The van der Waals surface area contributed by atoms with Gasteiger partial charge < -0.3 is 10.1 Å². The molecule has 2 aromatic heterocycles. The zero-order valence-corrected chi connectivity index (χ0v) is 14.7. The molecule has 3 aromatic rings. The molecule has 0 spiro atoms. The van der Waals surface area contributed by atoms with Crippen LogP contribution in [0.3, 0.4) is 0 Å². The summed E-state index contributed by atoms with van der Waals surface area (Å²) in [5.41, 5.74) is 5.34. The Morgan fingerprint density at radius 2 is 2.00 bits per heavy atom. The monoisotopic (exact) mass is 338 g/mol. The number of hydrogen-bond donors (Lipinski definition) is 1. The first-order valence-corrected chi connectivity index (χ1v) is 8.26. The Bertz CT molecular complexity index is 887. The Morgan fingerprint density at radius 3 is 2.72 bits per heavy atom. The van der Waals surface area contributed by atoms with E-state index in [1.807, 2.05) is 32.0 Å². The largest absolute Gasteiger partial charge is 0.383 e. The van der Waals surface area contributed by atoms with Crippen LogP contribution in [0.25, 0.3) is 5.65 Å². The number of amides is 1. The number of benzene rings is 1. The zero-order valence-electron chi connectivity index (χ0n) is 14.7. The predicted molar refractivity (Wildman–Crippen MR) is 95.9 cm³/mol. The van der Waals surface area contributed by atoms with Gasteiger partial charge in [0.1, 0.15) is 5.56 Å². The van der Waals surface area contributed by atoms with E-state index in [-0.39, 0.29) is 5.91 Å². The van der Waals surface area contributed by atoms with Gasteiger partial charge in [-0.25, -0.2) is 9.50 Å². The predicted octanol–water partition coefficient (Wildman–Crippen LogP) is 2.31.